The number of rotatable bonds is 3. The van der Waals surface area contributed by atoms with Gasteiger partial charge in [-0.05, 0) is 48.7 Å². The van der Waals surface area contributed by atoms with Crippen LogP contribution in [-0.2, 0) is 14.3 Å². The second-order valence-corrected chi connectivity index (χ2v) is 9.13. The van der Waals surface area contributed by atoms with Gasteiger partial charge in [0.05, 0.1) is 25.2 Å². The predicted octanol–water partition coefficient (Wildman–Crippen LogP) is 2.15. The maximum absolute atomic E-state index is 13.4. The van der Waals surface area contributed by atoms with Gasteiger partial charge in [-0.1, -0.05) is 30.0 Å². The molecule has 6 nitrogen and oxygen atoms in total. The number of hydrogen-bond donors (Lipinski definition) is 1. The Morgan fingerprint density at radius 2 is 1.82 bits per heavy atom. The lowest BCUT2D eigenvalue weighted by Crippen LogP contribution is -2.73. The van der Waals surface area contributed by atoms with E-state index in [9.17, 15) is 19.1 Å². The molecule has 1 N–H and O–H groups in total. The van der Waals surface area contributed by atoms with E-state index in [1.165, 1.54) is 12.1 Å². The van der Waals surface area contributed by atoms with E-state index in [2.05, 4.69) is 11.8 Å². The first-order chi connectivity index (χ1) is 16.5. The first-order valence-electron chi connectivity index (χ1n) is 11.7. The quantitative estimate of drug-likeness (QED) is 0.710. The van der Waals surface area contributed by atoms with Gasteiger partial charge < -0.3 is 19.6 Å². The largest absolute Gasteiger partial charge is 0.394 e. The van der Waals surface area contributed by atoms with Crippen LogP contribution in [0.2, 0.25) is 0 Å². The molecule has 0 spiro atoms. The zero-order valence-corrected chi connectivity index (χ0v) is 18.8. The number of aliphatic hydroxyl groups is 1. The fraction of sp³-hybridized carbons (Fsp3) is 0.407. The van der Waals surface area contributed by atoms with Gasteiger partial charge in [-0.2, -0.15) is 0 Å². The molecule has 3 saturated heterocycles. The Balaban J connectivity index is 1.32. The summed E-state index contributed by atoms with van der Waals surface area (Å²) >= 11 is 0. The zero-order chi connectivity index (χ0) is 23.7. The van der Waals surface area contributed by atoms with Crippen LogP contribution in [0.5, 0.6) is 0 Å². The average molecular weight is 463 g/mol. The highest BCUT2D eigenvalue weighted by atomic mass is 19.1. The molecule has 7 heteroatoms. The molecule has 3 fully saturated rings. The van der Waals surface area contributed by atoms with Crippen LogP contribution in [0.3, 0.4) is 0 Å². The smallest absolute Gasteiger partial charge is 0.242 e. The Kier molecular flexibility index (Phi) is 6.36. The van der Waals surface area contributed by atoms with Crippen LogP contribution in [0.4, 0.5) is 4.39 Å². The van der Waals surface area contributed by atoms with Gasteiger partial charge in [-0.25, -0.2) is 4.39 Å². The topological polar surface area (TPSA) is 70.1 Å². The molecule has 0 aromatic heterocycles. The lowest BCUT2D eigenvalue weighted by Gasteiger charge is -2.59. The van der Waals surface area contributed by atoms with Gasteiger partial charge in [0, 0.05) is 42.7 Å². The van der Waals surface area contributed by atoms with Gasteiger partial charge in [-0.3, -0.25) is 9.59 Å². The lowest BCUT2D eigenvalue weighted by molar-refractivity contribution is -0.169. The van der Waals surface area contributed by atoms with E-state index in [1.807, 2.05) is 24.3 Å². The molecule has 3 aliphatic heterocycles. The molecular formula is C27H27FN2O4. The summed E-state index contributed by atoms with van der Waals surface area (Å²) in [6.45, 7) is 1.59. The molecule has 176 valence electrons. The summed E-state index contributed by atoms with van der Waals surface area (Å²) in [6, 6.07) is 13.4. The first-order valence-corrected chi connectivity index (χ1v) is 11.7. The fourth-order valence-electron chi connectivity index (χ4n) is 5.37. The number of halogens is 1. The van der Waals surface area contributed by atoms with Crippen molar-refractivity contribution in [2.45, 2.75) is 30.8 Å². The summed E-state index contributed by atoms with van der Waals surface area (Å²) in [5.41, 5.74) is 2.40. The number of hydrogen-bond acceptors (Lipinski definition) is 4. The number of piperazine rings is 1. The molecule has 34 heavy (non-hydrogen) atoms. The zero-order valence-electron chi connectivity index (χ0n) is 18.8. The summed E-state index contributed by atoms with van der Waals surface area (Å²) in [5.74, 6) is 5.47. The van der Waals surface area contributed by atoms with Gasteiger partial charge in [0.25, 0.3) is 0 Å². The molecule has 0 aliphatic carbocycles. The number of benzene rings is 2. The minimum absolute atomic E-state index is 0.0328. The normalized spacial score (nSPS) is 24.6. The van der Waals surface area contributed by atoms with E-state index >= 15 is 0 Å². The highest BCUT2D eigenvalue weighted by Crippen LogP contribution is 2.43. The standard InChI is InChI=1S/C27H27FN2O4/c28-22-3-1-2-19(14-22)5-4-18-6-8-20(9-7-18)26-23-15-29(16-25(32)30(23)24(26)17-31)27(33)21-10-12-34-13-11-21/h1-3,6-9,14,21,23-24,26,31H,10-13,15-17H2/t23-,24-,26-/m1/s1. The van der Waals surface area contributed by atoms with Gasteiger partial charge >= 0.3 is 0 Å². The van der Waals surface area contributed by atoms with Crippen LogP contribution in [0.1, 0.15) is 35.4 Å². The van der Waals surface area contributed by atoms with Crippen molar-refractivity contribution in [1.82, 2.24) is 9.80 Å². The van der Waals surface area contributed by atoms with Crippen molar-refractivity contribution in [3.8, 4) is 11.8 Å². The van der Waals surface area contributed by atoms with Crippen molar-refractivity contribution in [3.05, 3.63) is 71.0 Å². The second-order valence-electron chi connectivity index (χ2n) is 9.13. The Morgan fingerprint density at radius 1 is 1.09 bits per heavy atom. The summed E-state index contributed by atoms with van der Waals surface area (Å²) in [4.78, 5) is 29.3. The SMILES string of the molecule is O=C(C1CCOCC1)N1CC(=O)N2[C@H](CO)[C@H](c3ccc(C#Cc4cccc(F)c4)cc3)[C@H]2C1. The van der Waals surface area contributed by atoms with Crippen molar-refractivity contribution in [2.75, 3.05) is 32.9 Å². The van der Waals surface area contributed by atoms with Gasteiger partial charge in [0.2, 0.25) is 11.8 Å². The fourth-order valence-corrected chi connectivity index (χ4v) is 5.37. The third-order valence-electron chi connectivity index (χ3n) is 7.11. The minimum atomic E-state index is -0.321. The summed E-state index contributed by atoms with van der Waals surface area (Å²) in [5, 5.41) is 10.00. The molecule has 0 unspecified atom stereocenters. The highest BCUT2D eigenvalue weighted by molar-refractivity contribution is 5.88. The van der Waals surface area contributed by atoms with Crippen LogP contribution >= 0.6 is 0 Å². The molecule has 5 rings (SSSR count). The van der Waals surface area contributed by atoms with E-state index in [-0.39, 0.29) is 54.7 Å². The molecule has 3 atom stereocenters. The number of nitrogens with zero attached hydrogens (tertiary/aromatic N) is 2. The molecular weight excluding hydrogens is 435 g/mol. The molecule has 2 aromatic rings. The Hall–Kier alpha value is -3.21. The molecule has 3 aliphatic rings. The molecule has 0 bridgehead atoms. The number of carbonyl (C=O) groups excluding carboxylic acids is 2. The predicted molar refractivity (Wildman–Crippen MR) is 123 cm³/mol. The number of fused-ring (bicyclic) bond motifs is 1. The third-order valence-corrected chi connectivity index (χ3v) is 7.11. The Bertz CT molecular complexity index is 1130. The van der Waals surface area contributed by atoms with E-state index in [4.69, 9.17) is 4.74 Å². The minimum Gasteiger partial charge on any atom is -0.394 e. The molecule has 3 heterocycles. The van der Waals surface area contributed by atoms with Gasteiger partial charge in [-0.15, -0.1) is 0 Å². The number of amides is 2. The van der Waals surface area contributed by atoms with Gasteiger partial charge in [0.15, 0.2) is 0 Å². The molecule has 0 radical (unpaired) electrons. The molecule has 2 amide bonds. The monoisotopic (exact) mass is 462 g/mol. The number of carbonyl (C=O) groups is 2. The van der Waals surface area contributed by atoms with E-state index in [0.717, 1.165) is 11.1 Å². The van der Waals surface area contributed by atoms with Crippen LogP contribution in [0, 0.1) is 23.6 Å². The maximum atomic E-state index is 13.4. The summed E-state index contributed by atoms with van der Waals surface area (Å²) in [7, 11) is 0. The second kappa shape index (κ2) is 9.57. The van der Waals surface area contributed by atoms with Crippen LogP contribution in [0.15, 0.2) is 48.5 Å². The van der Waals surface area contributed by atoms with Crippen LogP contribution in [-0.4, -0.2) is 71.7 Å². The first kappa shape index (κ1) is 22.6. The lowest BCUT2D eigenvalue weighted by atomic mass is 9.73. The van der Waals surface area contributed by atoms with Crippen molar-refractivity contribution in [2.24, 2.45) is 5.92 Å². The third kappa shape index (κ3) is 4.31. The van der Waals surface area contributed by atoms with Crippen LogP contribution < -0.4 is 0 Å². The van der Waals surface area contributed by atoms with E-state index in [1.54, 1.807) is 21.9 Å². The van der Waals surface area contributed by atoms with Gasteiger partial charge in [0.1, 0.15) is 5.82 Å². The number of ether oxygens (including phenoxy) is 1. The Morgan fingerprint density at radius 3 is 2.53 bits per heavy atom. The summed E-state index contributed by atoms with van der Waals surface area (Å²) < 4.78 is 18.7. The Labute approximate surface area is 198 Å². The average Bonchev–Trinajstić information content (AvgIpc) is 2.85. The van der Waals surface area contributed by atoms with Crippen molar-refractivity contribution in [1.29, 1.82) is 0 Å². The van der Waals surface area contributed by atoms with Crippen molar-refractivity contribution in [3.63, 3.8) is 0 Å². The molecule has 0 saturated carbocycles. The number of aliphatic hydroxyl groups excluding tert-OH is 1. The van der Waals surface area contributed by atoms with Crippen molar-refractivity contribution >= 4 is 11.8 Å². The van der Waals surface area contributed by atoms with Crippen LogP contribution in [0.25, 0.3) is 0 Å². The van der Waals surface area contributed by atoms with E-state index < -0.39 is 0 Å². The van der Waals surface area contributed by atoms with Crippen molar-refractivity contribution < 1.29 is 23.8 Å². The van der Waals surface area contributed by atoms with E-state index in [0.29, 0.717) is 38.2 Å². The maximum Gasteiger partial charge on any atom is 0.242 e. The molecule has 2 aromatic carbocycles. The highest BCUT2D eigenvalue weighted by Gasteiger charge is 2.54. The summed E-state index contributed by atoms with van der Waals surface area (Å²) in [6.07, 6.45) is 1.39.